The van der Waals surface area contributed by atoms with Gasteiger partial charge in [0.05, 0.1) is 17.4 Å². The van der Waals surface area contributed by atoms with Gasteiger partial charge in [-0.15, -0.1) is 0 Å². The van der Waals surface area contributed by atoms with E-state index in [0.717, 1.165) is 6.07 Å². The highest BCUT2D eigenvalue weighted by Gasteiger charge is 2.45. The summed E-state index contributed by atoms with van der Waals surface area (Å²) in [6.45, 7) is -0.677. The summed E-state index contributed by atoms with van der Waals surface area (Å²) in [5, 5.41) is 80.7. The zero-order chi connectivity index (χ0) is 28.5. The van der Waals surface area contributed by atoms with E-state index in [1.807, 2.05) is 0 Å². The van der Waals surface area contributed by atoms with Crippen molar-refractivity contribution in [2.75, 3.05) is 6.61 Å². The number of hydrogen-bond acceptors (Lipinski definition) is 13. The van der Waals surface area contributed by atoms with E-state index in [1.165, 1.54) is 18.2 Å². The molecule has 0 aliphatic carbocycles. The Labute approximate surface area is 223 Å². The minimum Gasteiger partial charge on any atom is -0.508 e. The lowest BCUT2D eigenvalue weighted by atomic mass is 9.98. The number of aliphatic hydroxyl groups excluding tert-OH is 4. The van der Waals surface area contributed by atoms with Crippen LogP contribution in [0.4, 0.5) is 0 Å². The summed E-state index contributed by atoms with van der Waals surface area (Å²) in [6, 6.07) is 8.42. The van der Waals surface area contributed by atoms with Crippen LogP contribution in [0, 0.1) is 0 Å². The molecular formula is C27H24O13. The SMILES string of the molecule is O=c1oc2cc(O[C@@H]3O[C@H](CO)[C@@H](O)[C@H](O)[C@H]3O)c3c(c2c2c(O)c(O)c(O)cc12)O[C@@H](c1ccc(O)cc1)C3. The Morgan fingerprint density at radius 2 is 1.62 bits per heavy atom. The minimum atomic E-state index is -1.73. The van der Waals surface area contributed by atoms with E-state index in [4.69, 9.17) is 18.6 Å². The first-order valence-corrected chi connectivity index (χ1v) is 12.2. The number of rotatable bonds is 4. The molecular weight excluding hydrogens is 532 g/mol. The highest BCUT2D eigenvalue weighted by molar-refractivity contribution is 6.13. The Morgan fingerprint density at radius 3 is 2.33 bits per heavy atom. The van der Waals surface area contributed by atoms with Crippen LogP contribution in [0.5, 0.6) is 34.5 Å². The standard InChI is InChI=1S/C27H24O13/c28-8-17-21(32)23(34)24(35)27(40-17)39-15-7-16-19(18-12(26(36)38-16)5-13(30)20(31)22(18)33)25-11(15)6-14(37-25)9-1-3-10(29)4-2-9/h1-5,7,14,17,21,23-24,27-35H,6,8H2/t14-,17-,21-,23+,24-,27-/m1/s1. The molecule has 40 heavy (non-hydrogen) atoms. The molecule has 3 aromatic carbocycles. The number of fused-ring (bicyclic) bond motifs is 5. The average molecular weight is 556 g/mol. The van der Waals surface area contributed by atoms with Crippen LogP contribution in [0.1, 0.15) is 17.2 Å². The lowest BCUT2D eigenvalue weighted by molar-refractivity contribution is -0.277. The monoisotopic (exact) mass is 556 g/mol. The molecule has 4 aromatic rings. The summed E-state index contributed by atoms with van der Waals surface area (Å²) in [4.78, 5) is 12.8. The Balaban J connectivity index is 1.55. The number of aromatic hydroxyl groups is 4. The summed E-state index contributed by atoms with van der Waals surface area (Å²) in [7, 11) is 0. The molecule has 0 bridgehead atoms. The molecule has 13 nitrogen and oxygen atoms in total. The van der Waals surface area contributed by atoms with E-state index in [-0.39, 0.29) is 45.4 Å². The molecule has 0 spiro atoms. The van der Waals surface area contributed by atoms with Gasteiger partial charge in [-0.1, -0.05) is 12.1 Å². The second-order valence-corrected chi connectivity index (χ2v) is 9.68. The van der Waals surface area contributed by atoms with Crippen LogP contribution in [0.3, 0.4) is 0 Å². The molecule has 2 aliphatic heterocycles. The molecule has 0 amide bonds. The van der Waals surface area contributed by atoms with Crippen LogP contribution in [-0.4, -0.2) is 78.2 Å². The Kier molecular flexibility index (Phi) is 6.12. The third-order valence-corrected chi connectivity index (χ3v) is 7.24. The molecule has 1 saturated heterocycles. The van der Waals surface area contributed by atoms with Gasteiger partial charge in [0, 0.05) is 23.4 Å². The van der Waals surface area contributed by atoms with Crippen molar-refractivity contribution < 1.29 is 59.5 Å². The molecule has 8 N–H and O–H groups in total. The molecule has 0 saturated carbocycles. The Hall–Kier alpha value is -4.27. The third-order valence-electron chi connectivity index (χ3n) is 7.24. The van der Waals surface area contributed by atoms with Gasteiger partial charge < -0.3 is 59.5 Å². The van der Waals surface area contributed by atoms with E-state index < -0.39 is 66.3 Å². The molecule has 13 heteroatoms. The predicted octanol–water partition coefficient (Wildman–Crippen LogP) is 0.623. The van der Waals surface area contributed by atoms with Gasteiger partial charge in [0.1, 0.15) is 53.4 Å². The van der Waals surface area contributed by atoms with Crippen molar-refractivity contribution in [3.05, 3.63) is 57.9 Å². The first-order chi connectivity index (χ1) is 19.1. The van der Waals surface area contributed by atoms with Gasteiger partial charge in [0.2, 0.25) is 12.0 Å². The molecule has 6 rings (SSSR count). The normalized spacial score (nSPS) is 26.1. The highest BCUT2D eigenvalue weighted by atomic mass is 16.7. The van der Waals surface area contributed by atoms with Crippen LogP contribution < -0.4 is 15.1 Å². The maximum absolute atomic E-state index is 12.8. The van der Waals surface area contributed by atoms with E-state index >= 15 is 0 Å². The van der Waals surface area contributed by atoms with Gasteiger partial charge in [-0.3, -0.25) is 0 Å². The maximum Gasteiger partial charge on any atom is 0.344 e. The van der Waals surface area contributed by atoms with Crippen LogP contribution in [0.2, 0.25) is 0 Å². The van der Waals surface area contributed by atoms with Gasteiger partial charge in [0.25, 0.3) is 0 Å². The lowest BCUT2D eigenvalue weighted by Crippen LogP contribution is -2.60. The minimum absolute atomic E-state index is 0.00176. The first-order valence-electron chi connectivity index (χ1n) is 12.2. The predicted molar refractivity (Wildman–Crippen MR) is 135 cm³/mol. The van der Waals surface area contributed by atoms with Crippen molar-refractivity contribution in [1.29, 1.82) is 0 Å². The summed E-state index contributed by atoms with van der Waals surface area (Å²) in [5.41, 5.74) is -0.0977. The van der Waals surface area contributed by atoms with Gasteiger partial charge in [0.15, 0.2) is 11.5 Å². The number of phenols is 4. The Morgan fingerprint density at radius 1 is 0.900 bits per heavy atom. The average Bonchev–Trinajstić information content (AvgIpc) is 3.38. The maximum atomic E-state index is 12.8. The largest absolute Gasteiger partial charge is 0.508 e. The molecule has 0 radical (unpaired) electrons. The van der Waals surface area contributed by atoms with Crippen molar-refractivity contribution in [3.8, 4) is 34.5 Å². The van der Waals surface area contributed by atoms with Crippen molar-refractivity contribution >= 4 is 21.7 Å². The van der Waals surface area contributed by atoms with Crippen molar-refractivity contribution in [1.82, 2.24) is 0 Å². The molecule has 6 atom stereocenters. The van der Waals surface area contributed by atoms with Gasteiger partial charge in [-0.2, -0.15) is 0 Å². The van der Waals surface area contributed by atoms with Gasteiger partial charge in [-0.25, -0.2) is 4.79 Å². The zero-order valence-corrected chi connectivity index (χ0v) is 20.5. The molecule has 0 unspecified atom stereocenters. The van der Waals surface area contributed by atoms with E-state index in [9.17, 15) is 45.6 Å². The van der Waals surface area contributed by atoms with Crippen molar-refractivity contribution in [2.24, 2.45) is 0 Å². The van der Waals surface area contributed by atoms with Gasteiger partial charge in [-0.05, 0) is 23.8 Å². The number of ether oxygens (including phenoxy) is 3. The van der Waals surface area contributed by atoms with E-state index in [0.29, 0.717) is 11.1 Å². The van der Waals surface area contributed by atoms with Crippen molar-refractivity contribution in [3.63, 3.8) is 0 Å². The zero-order valence-electron chi connectivity index (χ0n) is 20.5. The van der Waals surface area contributed by atoms with E-state index in [1.54, 1.807) is 12.1 Å². The molecule has 3 heterocycles. The highest BCUT2D eigenvalue weighted by Crippen LogP contribution is 2.52. The fourth-order valence-corrected chi connectivity index (χ4v) is 5.15. The summed E-state index contributed by atoms with van der Waals surface area (Å²) in [5.74, 6) is -2.26. The second-order valence-electron chi connectivity index (χ2n) is 9.68. The Bertz CT molecular complexity index is 1680. The topological polar surface area (TPSA) is 220 Å². The quantitative estimate of drug-likeness (QED) is 0.0983. The summed E-state index contributed by atoms with van der Waals surface area (Å²) in [6.07, 6.45) is -8.37. The van der Waals surface area contributed by atoms with Crippen LogP contribution >= 0.6 is 0 Å². The molecule has 1 aromatic heterocycles. The van der Waals surface area contributed by atoms with Crippen LogP contribution in [-0.2, 0) is 11.2 Å². The van der Waals surface area contributed by atoms with Crippen LogP contribution in [0.25, 0.3) is 21.7 Å². The third kappa shape index (κ3) is 3.94. The van der Waals surface area contributed by atoms with Crippen molar-refractivity contribution in [2.45, 2.75) is 43.2 Å². The van der Waals surface area contributed by atoms with Crippen LogP contribution in [0.15, 0.2) is 45.6 Å². The first kappa shape index (κ1) is 26.0. The fraction of sp³-hybridized carbons (Fsp3) is 0.296. The second kappa shape index (κ2) is 9.43. The molecule has 2 aliphatic rings. The molecule has 210 valence electrons. The summed E-state index contributed by atoms with van der Waals surface area (Å²) < 4.78 is 23.1. The number of hydrogen-bond donors (Lipinski definition) is 8. The lowest BCUT2D eigenvalue weighted by Gasteiger charge is -2.39. The number of aliphatic hydroxyl groups is 4. The fourth-order valence-electron chi connectivity index (χ4n) is 5.15. The molecule has 1 fully saturated rings. The smallest absolute Gasteiger partial charge is 0.344 e. The number of phenolic OH excluding ortho intramolecular Hbond substituents is 4. The van der Waals surface area contributed by atoms with E-state index in [2.05, 4.69) is 0 Å². The number of benzene rings is 3. The summed E-state index contributed by atoms with van der Waals surface area (Å²) >= 11 is 0. The van der Waals surface area contributed by atoms with Gasteiger partial charge >= 0.3 is 5.63 Å².